The molecule has 4 rings (SSSR count). The SMILES string of the molecule is O=C(Nc1nc2ccccc2n1CCc1ccccn1)c1ccc(CO)o1. The van der Waals surface area contributed by atoms with Crippen molar-refractivity contribution in [3.63, 3.8) is 0 Å². The van der Waals surface area contributed by atoms with Gasteiger partial charge in [0, 0.05) is 24.9 Å². The number of pyridine rings is 1. The summed E-state index contributed by atoms with van der Waals surface area (Å²) in [5, 5.41) is 11.9. The van der Waals surface area contributed by atoms with Gasteiger partial charge in [0.05, 0.1) is 11.0 Å². The smallest absolute Gasteiger partial charge is 0.293 e. The number of nitrogens with one attached hydrogen (secondary N) is 1. The maximum absolute atomic E-state index is 12.5. The first-order chi connectivity index (χ1) is 13.2. The summed E-state index contributed by atoms with van der Waals surface area (Å²) >= 11 is 0. The molecular weight excluding hydrogens is 344 g/mol. The Hall–Kier alpha value is -3.45. The standard InChI is InChI=1S/C20H18N4O3/c25-13-15-8-9-18(27-15)19(26)23-20-22-16-6-1-2-7-17(16)24(20)12-10-14-5-3-4-11-21-14/h1-9,11,25H,10,12-13H2,(H,22,23,26). The van der Waals surface area contributed by atoms with Crippen LogP contribution in [-0.2, 0) is 19.6 Å². The molecule has 0 unspecified atom stereocenters. The minimum Gasteiger partial charge on any atom is -0.453 e. The van der Waals surface area contributed by atoms with Crippen LogP contribution >= 0.6 is 0 Å². The van der Waals surface area contributed by atoms with E-state index in [4.69, 9.17) is 9.52 Å². The topological polar surface area (TPSA) is 93.2 Å². The number of hydrogen-bond acceptors (Lipinski definition) is 5. The fourth-order valence-electron chi connectivity index (χ4n) is 2.92. The van der Waals surface area contributed by atoms with Gasteiger partial charge in [0.2, 0.25) is 5.95 Å². The summed E-state index contributed by atoms with van der Waals surface area (Å²) in [5.74, 6) is 0.495. The Kier molecular flexibility index (Phi) is 4.67. The molecule has 3 heterocycles. The normalized spacial score (nSPS) is 11.0. The maximum Gasteiger partial charge on any atom is 0.293 e. The van der Waals surface area contributed by atoms with Crippen molar-refractivity contribution in [2.24, 2.45) is 0 Å². The third-order valence-electron chi connectivity index (χ3n) is 4.24. The van der Waals surface area contributed by atoms with E-state index in [0.717, 1.165) is 16.7 Å². The second kappa shape index (κ2) is 7.43. The van der Waals surface area contributed by atoms with Crippen molar-refractivity contribution in [3.05, 3.63) is 78.0 Å². The van der Waals surface area contributed by atoms with Crippen molar-refractivity contribution in [1.29, 1.82) is 0 Å². The van der Waals surface area contributed by atoms with Crippen molar-refractivity contribution in [2.45, 2.75) is 19.6 Å². The molecule has 1 amide bonds. The quantitative estimate of drug-likeness (QED) is 0.550. The third kappa shape index (κ3) is 3.58. The predicted octanol–water partition coefficient (Wildman–Crippen LogP) is 3.01. The van der Waals surface area contributed by atoms with Gasteiger partial charge in [0.15, 0.2) is 5.76 Å². The number of carbonyl (C=O) groups excluding carboxylic acids is 1. The molecule has 3 aromatic heterocycles. The van der Waals surface area contributed by atoms with Gasteiger partial charge in [-0.1, -0.05) is 18.2 Å². The van der Waals surface area contributed by atoms with Crippen LogP contribution in [0.2, 0.25) is 0 Å². The Labute approximate surface area is 155 Å². The second-order valence-electron chi connectivity index (χ2n) is 6.03. The Morgan fingerprint density at radius 1 is 1.11 bits per heavy atom. The Bertz CT molecular complexity index is 1070. The van der Waals surface area contributed by atoms with E-state index in [-0.39, 0.29) is 12.4 Å². The summed E-state index contributed by atoms with van der Waals surface area (Å²) < 4.78 is 7.26. The number of hydrogen-bond donors (Lipinski definition) is 2. The number of nitrogens with zero attached hydrogens (tertiary/aromatic N) is 3. The number of aliphatic hydroxyl groups excluding tert-OH is 1. The molecule has 0 spiro atoms. The van der Waals surface area contributed by atoms with Crippen LogP contribution in [-0.4, -0.2) is 25.5 Å². The third-order valence-corrected chi connectivity index (χ3v) is 4.24. The van der Waals surface area contributed by atoms with E-state index in [1.807, 2.05) is 47.0 Å². The highest BCUT2D eigenvalue weighted by molar-refractivity contribution is 6.02. The van der Waals surface area contributed by atoms with Crippen LogP contribution in [0.4, 0.5) is 5.95 Å². The predicted molar refractivity (Wildman–Crippen MR) is 100 cm³/mol. The van der Waals surface area contributed by atoms with Crippen LogP contribution in [0.1, 0.15) is 22.0 Å². The molecule has 0 radical (unpaired) electrons. The van der Waals surface area contributed by atoms with Crippen molar-refractivity contribution in [2.75, 3.05) is 5.32 Å². The number of aryl methyl sites for hydroxylation is 2. The van der Waals surface area contributed by atoms with Gasteiger partial charge >= 0.3 is 0 Å². The monoisotopic (exact) mass is 362 g/mol. The average Bonchev–Trinajstić information content (AvgIpc) is 3.32. The summed E-state index contributed by atoms with van der Waals surface area (Å²) in [6, 6.07) is 16.6. The van der Waals surface area contributed by atoms with Crippen molar-refractivity contribution >= 4 is 22.9 Å². The summed E-state index contributed by atoms with van der Waals surface area (Å²) in [4.78, 5) is 21.4. The van der Waals surface area contributed by atoms with Crippen LogP contribution in [0.25, 0.3) is 11.0 Å². The number of benzene rings is 1. The van der Waals surface area contributed by atoms with Crippen molar-refractivity contribution in [3.8, 4) is 0 Å². The largest absolute Gasteiger partial charge is 0.453 e. The average molecular weight is 362 g/mol. The minimum absolute atomic E-state index is 0.127. The highest BCUT2D eigenvalue weighted by atomic mass is 16.4. The maximum atomic E-state index is 12.5. The van der Waals surface area contributed by atoms with Gasteiger partial charge in [-0.25, -0.2) is 4.98 Å². The van der Waals surface area contributed by atoms with Crippen molar-refractivity contribution < 1.29 is 14.3 Å². The molecular formula is C20H18N4O3. The van der Waals surface area contributed by atoms with E-state index < -0.39 is 5.91 Å². The second-order valence-corrected chi connectivity index (χ2v) is 6.03. The first kappa shape index (κ1) is 17.0. The lowest BCUT2D eigenvalue weighted by molar-refractivity contribution is 0.0990. The van der Waals surface area contributed by atoms with Gasteiger partial charge in [0.1, 0.15) is 12.4 Å². The molecule has 7 nitrogen and oxygen atoms in total. The Morgan fingerprint density at radius 2 is 1.96 bits per heavy atom. The highest BCUT2D eigenvalue weighted by Crippen LogP contribution is 2.21. The van der Waals surface area contributed by atoms with Gasteiger partial charge in [-0.2, -0.15) is 0 Å². The number of para-hydroxylation sites is 2. The molecule has 0 saturated heterocycles. The molecule has 4 aromatic rings. The number of fused-ring (bicyclic) bond motifs is 1. The molecule has 27 heavy (non-hydrogen) atoms. The van der Waals surface area contributed by atoms with E-state index >= 15 is 0 Å². The first-order valence-corrected chi connectivity index (χ1v) is 8.60. The lowest BCUT2D eigenvalue weighted by Gasteiger charge is -2.09. The molecule has 0 aliphatic rings. The molecule has 7 heteroatoms. The van der Waals surface area contributed by atoms with Crippen LogP contribution < -0.4 is 5.32 Å². The van der Waals surface area contributed by atoms with Crippen LogP contribution in [0.3, 0.4) is 0 Å². The van der Waals surface area contributed by atoms with Gasteiger partial charge in [-0.3, -0.25) is 15.1 Å². The zero-order valence-electron chi connectivity index (χ0n) is 14.5. The van der Waals surface area contributed by atoms with Gasteiger partial charge < -0.3 is 14.1 Å². The molecule has 0 aliphatic heterocycles. The number of furan rings is 1. The number of aliphatic hydroxyl groups is 1. The lowest BCUT2D eigenvalue weighted by Crippen LogP contribution is -2.16. The molecule has 0 fully saturated rings. The molecule has 0 aliphatic carbocycles. The fourth-order valence-corrected chi connectivity index (χ4v) is 2.92. The van der Waals surface area contributed by atoms with Gasteiger partial charge in [-0.15, -0.1) is 0 Å². The number of rotatable bonds is 6. The Morgan fingerprint density at radius 3 is 2.74 bits per heavy atom. The number of aromatic nitrogens is 3. The summed E-state index contributed by atoms with van der Waals surface area (Å²) in [5.41, 5.74) is 2.69. The van der Waals surface area contributed by atoms with Gasteiger partial charge in [0.25, 0.3) is 5.91 Å². The molecule has 136 valence electrons. The molecule has 1 aromatic carbocycles. The zero-order chi connectivity index (χ0) is 18.6. The number of anilines is 1. The zero-order valence-corrected chi connectivity index (χ0v) is 14.5. The lowest BCUT2D eigenvalue weighted by atomic mass is 10.2. The number of amides is 1. The van der Waals surface area contributed by atoms with E-state index in [9.17, 15) is 4.79 Å². The molecule has 0 saturated carbocycles. The highest BCUT2D eigenvalue weighted by Gasteiger charge is 2.17. The summed E-state index contributed by atoms with van der Waals surface area (Å²) in [6.07, 6.45) is 2.47. The van der Waals surface area contributed by atoms with Gasteiger partial charge in [-0.05, 0) is 36.4 Å². The van der Waals surface area contributed by atoms with E-state index in [1.165, 1.54) is 6.07 Å². The molecule has 2 N–H and O–H groups in total. The van der Waals surface area contributed by atoms with Crippen LogP contribution in [0.15, 0.2) is 65.2 Å². The number of carbonyl (C=O) groups is 1. The minimum atomic E-state index is -0.413. The first-order valence-electron chi connectivity index (χ1n) is 8.60. The number of imidazole rings is 1. The molecule has 0 atom stereocenters. The van der Waals surface area contributed by atoms with E-state index in [0.29, 0.717) is 24.7 Å². The van der Waals surface area contributed by atoms with E-state index in [1.54, 1.807) is 12.3 Å². The fraction of sp³-hybridized carbons (Fsp3) is 0.150. The van der Waals surface area contributed by atoms with Crippen molar-refractivity contribution in [1.82, 2.24) is 14.5 Å². The molecule has 0 bridgehead atoms. The Balaban J connectivity index is 1.62. The van der Waals surface area contributed by atoms with E-state index in [2.05, 4.69) is 15.3 Å². The van der Waals surface area contributed by atoms with Crippen LogP contribution in [0.5, 0.6) is 0 Å². The van der Waals surface area contributed by atoms with Crippen LogP contribution in [0, 0.1) is 0 Å². The summed E-state index contributed by atoms with van der Waals surface area (Å²) in [6.45, 7) is 0.364. The summed E-state index contributed by atoms with van der Waals surface area (Å²) in [7, 11) is 0.